The van der Waals surface area contributed by atoms with Gasteiger partial charge in [-0.3, -0.25) is 0 Å². The van der Waals surface area contributed by atoms with Crippen molar-refractivity contribution < 1.29 is 0 Å². The Morgan fingerprint density at radius 2 is 1.79 bits per heavy atom. The van der Waals surface area contributed by atoms with Crippen LogP contribution in [0.25, 0.3) is 11.3 Å². The summed E-state index contributed by atoms with van der Waals surface area (Å²) in [7, 11) is 4.16. The molecular formula is C27H34N6. The molecule has 1 saturated heterocycles. The van der Waals surface area contributed by atoms with Gasteiger partial charge in [0.2, 0.25) is 5.95 Å². The smallest absolute Gasteiger partial charge is 0.223 e. The first kappa shape index (κ1) is 21.9. The van der Waals surface area contributed by atoms with Gasteiger partial charge in [0.05, 0.1) is 5.69 Å². The standard InChI is InChI=1S/C27H34N6/c1-28-22-10-8-20(9-11-22)25-18-21-19-30-27(31-26(21)24-7-4-3-6-23(24)25)29-12-5-13-33-16-14-32(2)15-17-33/h3-4,6-11,19,25,28H,5,12-18H2,1-2H3,(H,29,30,31). The van der Waals surface area contributed by atoms with Crippen molar-refractivity contribution in [2.75, 3.05) is 64.0 Å². The van der Waals surface area contributed by atoms with E-state index in [-0.39, 0.29) is 0 Å². The van der Waals surface area contributed by atoms with E-state index in [4.69, 9.17) is 4.98 Å². The highest BCUT2D eigenvalue weighted by atomic mass is 15.2. The van der Waals surface area contributed by atoms with Crippen LogP contribution in [0.4, 0.5) is 11.6 Å². The second kappa shape index (κ2) is 9.89. The van der Waals surface area contributed by atoms with Crippen LogP contribution in [0.3, 0.4) is 0 Å². The number of aromatic nitrogens is 2. The summed E-state index contributed by atoms with van der Waals surface area (Å²) in [5.74, 6) is 1.06. The van der Waals surface area contributed by atoms with E-state index >= 15 is 0 Å². The van der Waals surface area contributed by atoms with E-state index in [9.17, 15) is 0 Å². The van der Waals surface area contributed by atoms with Gasteiger partial charge in [0.1, 0.15) is 0 Å². The third-order valence-corrected chi connectivity index (χ3v) is 7.01. The van der Waals surface area contributed by atoms with Gasteiger partial charge in [-0.2, -0.15) is 0 Å². The second-order valence-corrected chi connectivity index (χ2v) is 9.21. The highest BCUT2D eigenvalue weighted by Crippen LogP contribution is 2.41. The normalized spacial score (nSPS) is 18.4. The summed E-state index contributed by atoms with van der Waals surface area (Å²) >= 11 is 0. The fourth-order valence-electron chi connectivity index (χ4n) is 4.97. The van der Waals surface area contributed by atoms with Gasteiger partial charge in [0, 0.05) is 63.1 Å². The van der Waals surface area contributed by atoms with Gasteiger partial charge >= 0.3 is 0 Å². The predicted octanol–water partition coefficient (Wildman–Crippen LogP) is 3.92. The number of piperazine rings is 1. The summed E-state index contributed by atoms with van der Waals surface area (Å²) in [4.78, 5) is 14.6. The Bertz CT molecular complexity index is 1070. The zero-order valence-corrected chi connectivity index (χ0v) is 19.7. The molecule has 0 radical (unpaired) electrons. The molecule has 1 unspecified atom stereocenters. The van der Waals surface area contributed by atoms with E-state index in [0.29, 0.717) is 5.92 Å². The van der Waals surface area contributed by atoms with Crippen molar-refractivity contribution in [1.82, 2.24) is 19.8 Å². The zero-order chi connectivity index (χ0) is 22.6. The Kier molecular flexibility index (Phi) is 6.55. The van der Waals surface area contributed by atoms with Gasteiger partial charge in [-0.15, -0.1) is 0 Å². The van der Waals surface area contributed by atoms with Crippen LogP contribution in [-0.4, -0.2) is 73.1 Å². The van der Waals surface area contributed by atoms with Gasteiger partial charge in [-0.25, -0.2) is 9.97 Å². The molecule has 6 heteroatoms. The molecule has 2 N–H and O–H groups in total. The highest BCUT2D eigenvalue weighted by molar-refractivity contribution is 5.72. The summed E-state index contributed by atoms with van der Waals surface area (Å²) in [5.41, 5.74) is 7.34. The molecule has 2 heterocycles. The van der Waals surface area contributed by atoms with E-state index in [1.807, 2.05) is 13.2 Å². The summed E-state index contributed by atoms with van der Waals surface area (Å²) < 4.78 is 0. The molecule has 1 aromatic heterocycles. The zero-order valence-electron chi connectivity index (χ0n) is 19.7. The number of anilines is 2. The van der Waals surface area contributed by atoms with Crippen molar-refractivity contribution in [1.29, 1.82) is 0 Å². The summed E-state index contributed by atoms with van der Waals surface area (Å²) in [6.45, 7) is 6.70. The van der Waals surface area contributed by atoms with Crippen LogP contribution >= 0.6 is 0 Å². The summed E-state index contributed by atoms with van der Waals surface area (Å²) in [6.07, 6.45) is 4.05. The maximum absolute atomic E-state index is 4.95. The molecule has 5 rings (SSSR count). The molecule has 1 atom stereocenters. The molecule has 0 saturated carbocycles. The maximum Gasteiger partial charge on any atom is 0.223 e. The fourth-order valence-corrected chi connectivity index (χ4v) is 4.97. The lowest BCUT2D eigenvalue weighted by Crippen LogP contribution is -2.44. The van der Waals surface area contributed by atoms with Crippen LogP contribution in [0, 0.1) is 0 Å². The van der Waals surface area contributed by atoms with Gasteiger partial charge in [0.25, 0.3) is 0 Å². The molecule has 2 aromatic carbocycles. The minimum Gasteiger partial charge on any atom is -0.388 e. The first-order chi connectivity index (χ1) is 16.2. The number of nitrogens with one attached hydrogen (secondary N) is 2. The average molecular weight is 443 g/mol. The Hall–Kier alpha value is -2.96. The molecular weight excluding hydrogens is 408 g/mol. The van der Waals surface area contributed by atoms with Crippen LogP contribution < -0.4 is 10.6 Å². The number of rotatable bonds is 7. The molecule has 1 aliphatic carbocycles. The van der Waals surface area contributed by atoms with E-state index in [1.54, 1.807) is 0 Å². The quantitative estimate of drug-likeness (QED) is 0.541. The largest absolute Gasteiger partial charge is 0.388 e. The molecule has 172 valence electrons. The summed E-state index contributed by atoms with van der Waals surface area (Å²) in [6, 6.07) is 17.5. The second-order valence-electron chi connectivity index (χ2n) is 9.21. The predicted molar refractivity (Wildman–Crippen MR) is 136 cm³/mol. The molecule has 6 nitrogen and oxygen atoms in total. The molecule has 1 fully saturated rings. The molecule has 1 aliphatic heterocycles. The lowest BCUT2D eigenvalue weighted by atomic mass is 9.78. The maximum atomic E-state index is 4.95. The number of benzene rings is 2. The van der Waals surface area contributed by atoms with Gasteiger partial charge in [-0.1, -0.05) is 36.4 Å². The minimum atomic E-state index is 0.325. The topological polar surface area (TPSA) is 56.3 Å². The molecule has 3 aromatic rings. The van der Waals surface area contributed by atoms with E-state index in [0.717, 1.165) is 43.3 Å². The van der Waals surface area contributed by atoms with Gasteiger partial charge in [0.15, 0.2) is 0 Å². The van der Waals surface area contributed by atoms with Gasteiger partial charge < -0.3 is 20.4 Å². The molecule has 2 aliphatic rings. The lowest BCUT2D eigenvalue weighted by molar-refractivity contribution is 0.154. The number of fused-ring (bicyclic) bond motifs is 3. The highest BCUT2D eigenvalue weighted by Gasteiger charge is 2.27. The number of likely N-dealkylation sites (N-methyl/N-ethyl adjacent to an activating group) is 1. The SMILES string of the molecule is CNc1ccc(C2Cc3cnc(NCCCN4CCN(C)CC4)nc3-c3ccccc32)cc1. The first-order valence-corrected chi connectivity index (χ1v) is 12.1. The third-order valence-electron chi connectivity index (χ3n) is 7.01. The number of nitrogens with zero attached hydrogens (tertiary/aromatic N) is 4. The van der Waals surface area contributed by atoms with Gasteiger partial charge in [-0.05, 0) is 55.3 Å². The van der Waals surface area contributed by atoms with Crippen LogP contribution in [0.15, 0.2) is 54.7 Å². The molecule has 33 heavy (non-hydrogen) atoms. The van der Waals surface area contributed by atoms with Crippen molar-refractivity contribution in [3.05, 3.63) is 71.4 Å². The average Bonchev–Trinajstić information content (AvgIpc) is 2.87. The molecule has 0 spiro atoms. The Labute approximate surface area is 197 Å². The number of hydrogen-bond donors (Lipinski definition) is 2. The Morgan fingerprint density at radius 3 is 2.58 bits per heavy atom. The molecule has 0 amide bonds. The van der Waals surface area contributed by atoms with Crippen LogP contribution in [0.1, 0.15) is 29.0 Å². The number of hydrogen-bond acceptors (Lipinski definition) is 6. The van der Waals surface area contributed by atoms with Crippen molar-refractivity contribution >= 4 is 11.6 Å². The minimum absolute atomic E-state index is 0.325. The first-order valence-electron chi connectivity index (χ1n) is 12.1. The van der Waals surface area contributed by atoms with Crippen molar-refractivity contribution in [3.63, 3.8) is 0 Å². The van der Waals surface area contributed by atoms with E-state index in [2.05, 4.69) is 81.0 Å². The van der Waals surface area contributed by atoms with Crippen LogP contribution in [0.2, 0.25) is 0 Å². The Balaban J connectivity index is 1.28. The van der Waals surface area contributed by atoms with E-state index < -0.39 is 0 Å². The van der Waals surface area contributed by atoms with E-state index in [1.165, 1.54) is 48.4 Å². The van der Waals surface area contributed by atoms with Crippen molar-refractivity contribution in [2.45, 2.75) is 18.8 Å². The monoisotopic (exact) mass is 442 g/mol. The fraction of sp³-hybridized carbons (Fsp3) is 0.407. The lowest BCUT2D eigenvalue weighted by Gasteiger charge is -2.32. The third kappa shape index (κ3) is 4.87. The summed E-state index contributed by atoms with van der Waals surface area (Å²) in [5, 5.41) is 6.67. The van der Waals surface area contributed by atoms with Crippen LogP contribution in [0.5, 0.6) is 0 Å². The van der Waals surface area contributed by atoms with Crippen molar-refractivity contribution in [3.8, 4) is 11.3 Å². The Morgan fingerprint density at radius 1 is 1.00 bits per heavy atom. The van der Waals surface area contributed by atoms with Crippen LogP contribution in [-0.2, 0) is 6.42 Å². The molecule has 0 bridgehead atoms. The van der Waals surface area contributed by atoms with Crippen molar-refractivity contribution in [2.24, 2.45) is 0 Å².